The van der Waals surface area contributed by atoms with E-state index in [1.807, 2.05) is 0 Å². The van der Waals surface area contributed by atoms with Crippen LogP contribution in [0.15, 0.2) is 11.6 Å². The molecule has 4 aliphatic carbocycles. The minimum atomic E-state index is -0.184. The summed E-state index contributed by atoms with van der Waals surface area (Å²) in [4.78, 5) is 0. The van der Waals surface area contributed by atoms with Crippen molar-refractivity contribution in [2.24, 2.45) is 28.6 Å². The minimum absolute atomic E-state index is 0.184. The highest BCUT2D eigenvalue weighted by molar-refractivity contribution is 5.25. The molecular weight excluding hydrogens is 296 g/mol. The van der Waals surface area contributed by atoms with Gasteiger partial charge >= 0.3 is 0 Å². The second-order valence-electron chi connectivity index (χ2n) is 9.61. The fraction of sp³-hybridized carbons (Fsp3) is 0.909. The van der Waals surface area contributed by atoms with Crippen molar-refractivity contribution in [1.82, 2.24) is 0 Å². The Labute approximate surface area is 148 Å². The van der Waals surface area contributed by atoms with Gasteiger partial charge in [0, 0.05) is 6.61 Å². The SMILES string of the molecule is CCCO[C@H]1CC[C@H]2[C@H]3CCC4=C[C@@H](O)CC[C@]4(C)[C@@H]3CC[C@]12C. The van der Waals surface area contributed by atoms with Crippen molar-refractivity contribution in [3.05, 3.63) is 11.6 Å². The van der Waals surface area contributed by atoms with Crippen LogP contribution in [0.3, 0.4) is 0 Å². The number of aliphatic hydroxyl groups excluding tert-OH is 1. The molecular formula is C22H36O2. The summed E-state index contributed by atoms with van der Waals surface area (Å²) in [5, 5.41) is 10.1. The Morgan fingerprint density at radius 3 is 2.71 bits per heavy atom. The molecule has 3 saturated carbocycles. The van der Waals surface area contributed by atoms with Gasteiger partial charge in [-0.3, -0.25) is 0 Å². The zero-order valence-corrected chi connectivity index (χ0v) is 15.9. The monoisotopic (exact) mass is 332 g/mol. The smallest absolute Gasteiger partial charge is 0.0724 e. The molecule has 0 aromatic carbocycles. The third-order valence-corrected chi connectivity index (χ3v) is 8.53. The van der Waals surface area contributed by atoms with Crippen molar-refractivity contribution in [2.45, 2.75) is 90.8 Å². The molecule has 24 heavy (non-hydrogen) atoms. The normalized spacial score (nSPS) is 50.7. The molecule has 0 saturated heterocycles. The molecule has 0 unspecified atom stereocenters. The van der Waals surface area contributed by atoms with Crippen molar-refractivity contribution < 1.29 is 9.84 Å². The summed E-state index contributed by atoms with van der Waals surface area (Å²) in [5.41, 5.74) is 2.37. The average Bonchev–Trinajstić information content (AvgIpc) is 2.90. The molecule has 0 aromatic rings. The molecule has 7 atom stereocenters. The highest BCUT2D eigenvalue weighted by atomic mass is 16.5. The lowest BCUT2D eigenvalue weighted by atomic mass is 9.47. The highest BCUT2D eigenvalue weighted by Crippen LogP contribution is 2.65. The number of ether oxygens (including phenoxy) is 1. The van der Waals surface area contributed by atoms with Gasteiger partial charge in [-0.05, 0) is 86.4 Å². The molecule has 2 heteroatoms. The van der Waals surface area contributed by atoms with Gasteiger partial charge in [0.1, 0.15) is 0 Å². The first kappa shape index (κ1) is 17.1. The van der Waals surface area contributed by atoms with Gasteiger partial charge in [-0.2, -0.15) is 0 Å². The lowest BCUT2D eigenvalue weighted by molar-refractivity contribution is -0.0969. The summed E-state index contributed by atoms with van der Waals surface area (Å²) in [6, 6.07) is 0. The molecule has 0 radical (unpaired) electrons. The summed E-state index contributed by atoms with van der Waals surface area (Å²) in [7, 11) is 0. The van der Waals surface area contributed by atoms with Crippen LogP contribution >= 0.6 is 0 Å². The summed E-state index contributed by atoms with van der Waals surface area (Å²) in [5.74, 6) is 2.59. The summed E-state index contributed by atoms with van der Waals surface area (Å²) in [6.07, 6.45) is 13.8. The van der Waals surface area contributed by atoms with Crippen LogP contribution in [-0.2, 0) is 4.74 Å². The fourth-order valence-electron chi connectivity index (χ4n) is 7.20. The molecule has 0 amide bonds. The molecule has 4 rings (SSSR count). The van der Waals surface area contributed by atoms with Crippen LogP contribution in [0, 0.1) is 28.6 Å². The number of aliphatic hydroxyl groups is 1. The Balaban J connectivity index is 1.58. The fourth-order valence-corrected chi connectivity index (χ4v) is 7.20. The molecule has 0 bridgehead atoms. The van der Waals surface area contributed by atoms with Crippen LogP contribution in [-0.4, -0.2) is 23.9 Å². The molecule has 0 heterocycles. The molecule has 3 fully saturated rings. The van der Waals surface area contributed by atoms with Crippen LogP contribution in [0.4, 0.5) is 0 Å². The topological polar surface area (TPSA) is 29.5 Å². The Bertz CT molecular complexity index is 512. The Kier molecular flexibility index (Phi) is 4.36. The van der Waals surface area contributed by atoms with Gasteiger partial charge in [0.25, 0.3) is 0 Å². The van der Waals surface area contributed by atoms with Gasteiger partial charge in [0.15, 0.2) is 0 Å². The first-order chi connectivity index (χ1) is 11.5. The van der Waals surface area contributed by atoms with Crippen molar-refractivity contribution in [2.75, 3.05) is 6.61 Å². The predicted octanol–water partition coefficient (Wildman–Crippen LogP) is 5.11. The zero-order valence-electron chi connectivity index (χ0n) is 15.9. The van der Waals surface area contributed by atoms with Gasteiger partial charge < -0.3 is 9.84 Å². The van der Waals surface area contributed by atoms with E-state index in [9.17, 15) is 5.11 Å². The zero-order chi connectivity index (χ0) is 16.9. The molecule has 0 aliphatic heterocycles. The quantitative estimate of drug-likeness (QED) is 0.728. The van der Waals surface area contributed by atoms with Gasteiger partial charge in [-0.1, -0.05) is 32.4 Å². The average molecular weight is 333 g/mol. The Hall–Kier alpha value is -0.340. The maximum absolute atomic E-state index is 10.1. The van der Waals surface area contributed by atoms with Crippen molar-refractivity contribution in [3.63, 3.8) is 0 Å². The largest absolute Gasteiger partial charge is 0.389 e. The number of hydrogen-bond donors (Lipinski definition) is 1. The first-order valence-electron chi connectivity index (χ1n) is 10.5. The second kappa shape index (κ2) is 6.13. The number of fused-ring (bicyclic) bond motifs is 5. The first-order valence-corrected chi connectivity index (χ1v) is 10.5. The van der Waals surface area contributed by atoms with E-state index in [0.717, 1.165) is 37.2 Å². The van der Waals surface area contributed by atoms with Gasteiger partial charge in [0.2, 0.25) is 0 Å². The minimum Gasteiger partial charge on any atom is -0.389 e. The Morgan fingerprint density at radius 2 is 1.92 bits per heavy atom. The Morgan fingerprint density at radius 1 is 1.08 bits per heavy atom. The van der Waals surface area contributed by atoms with Crippen LogP contribution in [0.2, 0.25) is 0 Å². The standard InChI is InChI=1S/C22H36O2/c1-4-13-24-20-8-7-18-17-6-5-15-14-16(23)9-11-21(15,2)19(17)10-12-22(18,20)3/h14,16-20,23H,4-13H2,1-3H3/t16-,17+,18-,19+,20-,21-,22-/m0/s1. The molecule has 136 valence electrons. The van der Waals surface area contributed by atoms with E-state index in [0.29, 0.717) is 16.9 Å². The van der Waals surface area contributed by atoms with Gasteiger partial charge in [0.05, 0.1) is 12.2 Å². The maximum atomic E-state index is 10.1. The van der Waals surface area contributed by atoms with Crippen LogP contribution in [0.25, 0.3) is 0 Å². The summed E-state index contributed by atoms with van der Waals surface area (Å²) in [6.45, 7) is 8.21. The number of rotatable bonds is 3. The van der Waals surface area contributed by atoms with Crippen LogP contribution in [0.5, 0.6) is 0 Å². The van der Waals surface area contributed by atoms with E-state index in [1.54, 1.807) is 5.57 Å². The van der Waals surface area contributed by atoms with E-state index in [4.69, 9.17) is 4.74 Å². The molecule has 2 nitrogen and oxygen atoms in total. The van der Waals surface area contributed by atoms with E-state index in [2.05, 4.69) is 26.8 Å². The van der Waals surface area contributed by atoms with Crippen molar-refractivity contribution in [1.29, 1.82) is 0 Å². The second-order valence-corrected chi connectivity index (χ2v) is 9.61. The van der Waals surface area contributed by atoms with E-state index < -0.39 is 0 Å². The highest BCUT2D eigenvalue weighted by Gasteiger charge is 2.59. The van der Waals surface area contributed by atoms with E-state index in [1.165, 1.54) is 44.9 Å². The number of allylic oxidation sites excluding steroid dienone is 1. The third kappa shape index (κ3) is 2.43. The molecule has 0 aromatic heterocycles. The summed E-state index contributed by atoms with van der Waals surface area (Å²) < 4.78 is 6.31. The van der Waals surface area contributed by atoms with Crippen molar-refractivity contribution in [3.8, 4) is 0 Å². The third-order valence-electron chi connectivity index (χ3n) is 8.53. The van der Waals surface area contributed by atoms with E-state index in [-0.39, 0.29) is 6.10 Å². The summed E-state index contributed by atoms with van der Waals surface area (Å²) >= 11 is 0. The van der Waals surface area contributed by atoms with Gasteiger partial charge in [-0.25, -0.2) is 0 Å². The lowest BCUT2D eigenvalue weighted by Gasteiger charge is -2.58. The molecule has 4 aliphatic rings. The van der Waals surface area contributed by atoms with E-state index >= 15 is 0 Å². The van der Waals surface area contributed by atoms with Crippen LogP contribution < -0.4 is 0 Å². The predicted molar refractivity (Wildman–Crippen MR) is 97.7 cm³/mol. The van der Waals surface area contributed by atoms with Crippen LogP contribution in [0.1, 0.15) is 78.6 Å². The van der Waals surface area contributed by atoms with Gasteiger partial charge in [-0.15, -0.1) is 0 Å². The molecule has 0 spiro atoms. The lowest BCUT2D eigenvalue weighted by Crippen LogP contribution is -2.51. The molecule has 1 N–H and O–H groups in total. The maximum Gasteiger partial charge on any atom is 0.0724 e. The number of hydrogen-bond acceptors (Lipinski definition) is 2. The van der Waals surface area contributed by atoms with Crippen molar-refractivity contribution >= 4 is 0 Å².